The topological polar surface area (TPSA) is 49.3 Å². The number of hydrogen-bond acceptors (Lipinski definition) is 2. The van der Waals surface area contributed by atoms with E-state index >= 15 is 0 Å². The highest BCUT2D eigenvalue weighted by molar-refractivity contribution is 5.78. The minimum atomic E-state index is -0.675. The molecule has 98 valence electrons. The van der Waals surface area contributed by atoms with Gasteiger partial charge in [0.15, 0.2) is 0 Å². The van der Waals surface area contributed by atoms with Gasteiger partial charge < -0.3 is 10.4 Å². The minimum absolute atomic E-state index is 0.505. The zero-order chi connectivity index (χ0) is 13.2. The molecular weight excluding hydrogens is 226 g/mol. The molecule has 2 rings (SSSR count). The fraction of sp³-hybridized carbons (Fsp3) is 0.533. The molecular formula is C15H21NO2. The molecule has 0 heterocycles. The minimum Gasteiger partial charge on any atom is -0.481 e. The fourth-order valence-corrected chi connectivity index (χ4v) is 2.05. The van der Waals surface area contributed by atoms with E-state index in [4.69, 9.17) is 5.11 Å². The van der Waals surface area contributed by atoms with E-state index in [1.54, 1.807) is 0 Å². The number of anilines is 1. The predicted octanol–water partition coefficient (Wildman–Crippen LogP) is 3.48. The number of carboxylic acid groups (broad SMARTS) is 1. The van der Waals surface area contributed by atoms with Crippen molar-refractivity contribution in [3.8, 4) is 0 Å². The van der Waals surface area contributed by atoms with Gasteiger partial charge in [-0.25, -0.2) is 0 Å². The number of nitrogens with one attached hydrogen (secondary N) is 1. The standard InChI is InChI=1S/C15H21NO2/c1-3-11(2)12-4-6-13(7-5-12)16-10-15(8-9-15)14(17)18/h4-7,11,16H,3,8-10H2,1-2H3,(H,17,18). The Labute approximate surface area is 108 Å². The summed E-state index contributed by atoms with van der Waals surface area (Å²) in [5, 5.41) is 12.3. The van der Waals surface area contributed by atoms with Gasteiger partial charge in [0.25, 0.3) is 0 Å². The third-order valence-electron chi connectivity index (χ3n) is 4.03. The molecule has 0 spiro atoms. The Morgan fingerprint density at radius 1 is 1.39 bits per heavy atom. The van der Waals surface area contributed by atoms with Crippen LogP contribution in [0.4, 0.5) is 5.69 Å². The van der Waals surface area contributed by atoms with Crippen LogP contribution in [-0.4, -0.2) is 17.6 Å². The van der Waals surface area contributed by atoms with E-state index in [9.17, 15) is 4.79 Å². The highest BCUT2D eigenvalue weighted by atomic mass is 16.4. The third kappa shape index (κ3) is 2.66. The molecule has 2 N–H and O–H groups in total. The summed E-state index contributed by atoms with van der Waals surface area (Å²) in [6.07, 6.45) is 2.72. The maximum atomic E-state index is 11.0. The normalized spacial score (nSPS) is 18.1. The molecule has 0 radical (unpaired) electrons. The Kier molecular flexibility index (Phi) is 3.60. The van der Waals surface area contributed by atoms with Gasteiger partial charge in [-0.15, -0.1) is 0 Å². The van der Waals surface area contributed by atoms with E-state index in [-0.39, 0.29) is 0 Å². The first-order valence-corrected chi connectivity index (χ1v) is 6.64. The second-order valence-electron chi connectivity index (χ2n) is 5.37. The summed E-state index contributed by atoms with van der Waals surface area (Å²) in [6.45, 7) is 4.93. The van der Waals surface area contributed by atoms with Crippen molar-refractivity contribution in [3.05, 3.63) is 29.8 Å². The van der Waals surface area contributed by atoms with Crippen molar-refractivity contribution in [2.45, 2.75) is 39.0 Å². The number of aliphatic carboxylic acids is 1. The van der Waals surface area contributed by atoms with Crippen LogP contribution in [0.3, 0.4) is 0 Å². The summed E-state index contributed by atoms with van der Waals surface area (Å²) in [4.78, 5) is 11.0. The SMILES string of the molecule is CCC(C)c1ccc(NCC2(C(=O)O)CC2)cc1. The first-order chi connectivity index (χ1) is 8.57. The number of benzene rings is 1. The molecule has 0 aromatic heterocycles. The molecule has 0 amide bonds. The van der Waals surface area contributed by atoms with Crippen molar-refractivity contribution in [1.29, 1.82) is 0 Å². The first kappa shape index (κ1) is 12.9. The largest absolute Gasteiger partial charge is 0.481 e. The summed E-state index contributed by atoms with van der Waals surface area (Å²) < 4.78 is 0. The summed E-state index contributed by atoms with van der Waals surface area (Å²) in [7, 11) is 0. The van der Waals surface area contributed by atoms with Crippen molar-refractivity contribution in [3.63, 3.8) is 0 Å². The van der Waals surface area contributed by atoms with Crippen molar-refractivity contribution in [2.75, 3.05) is 11.9 Å². The van der Waals surface area contributed by atoms with Crippen molar-refractivity contribution < 1.29 is 9.90 Å². The monoisotopic (exact) mass is 247 g/mol. The molecule has 1 aliphatic rings. The molecule has 18 heavy (non-hydrogen) atoms. The van der Waals surface area contributed by atoms with Crippen LogP contribution in [0.25, 0.3) is 0 Å². The summed E-state index contributed by atoms with van der Waals surface area (Å²) in [5.41, 5.74) is 1.84. The Morgan fingerprint density at radius 2 is 2.00 bits per heavy atom. The Hall–Kier alpha value is -1.51. The molecule has 1 aliphatic carbocycles. The van der Waals surface area contributed by atoms with Crippen LogP contribution in [0.5, 0.6) is 0 Å². The molecule has 0 aliphatic heterocycles. The van der Waals surface area contributed by atoms with Gasteiger partial charge in [-0.2, -0.15) is 0 Å². The lowest BCUT2D eigenvalue weighted by molar-refractivity contribution is -0.142. The maximum Gasteiger partial charge on any atom is 0.311 e. The zero-order valence-corrected chi connectivity index (χ0v) is 11.1. The van der Waals surface area contributed by atoms with Crippen molar-refractivity contribution in [1.82, 2.24) is 0 Å². The number of carbonyl (C=O) groups is 1. The number of hydrogen-bond donors (Lipinski definition) is 2. The Morgan fingerprint density at radius 3 is 2.44 bits per heavy atom. The van der Waals surface area contributed by atoms with Gasteiger partial charge in [-0.05, 0) is 42.9 Å². The number of rotatable bonds is 6. The molecule has 1 fully saturated rings. The van der Waals surface area contributed by atoms with Gasteiger partial charge >= 0.3 is 5.97 Å². The fourth-order valence-electron chi connectivity index (χ4n) is 2.05. The van der Waals surface area contributed by atoms with Crippen molar-refractivity contribution >= 4 is 11.7 Å². The van der Waals surface area contributed by atoms with Crippen LogP contribution < -0.4 is 5.32 Å². The summed E-state index contributed by atoms with van der Waals surface area (Å²) in [6, 6.07) is 8.33. The number of carboxylic acids is 1. The molecule has 1 unspecified atom stereocenters. The predicted molar refractivity (Wildman–Crippen MR) is 72.9 cm³/mol. The van der Waals surface area contributed by atoms with Crippen LogP contribution in [0, 0.1) is 5.41 Å². The second-order valence-corrected chi connectivity index (χ2v) is 5.37. The maximum absolute atomic E-state index is 11.0. The van der Waals surface area contributed by atoms with Gasteiger partial charge in [0, 0.05) is 12.2 Å². The van der Waals surface area contributed by atoms with Crippen LogP contribution in [-0.2, 0) is 4.79 Å². The highest BCUT2D eigenvalue weighted by Crippen LogP contribution is 2.45. The molecule has 1 saturated carbocycles. The first-order valence-electron chi connectivity index (χ1n) is 6.64. The van der Waals surface area contributed by atoms with E-state index in [0.717, 1.165) is 24.9 Å². The van der Waals surface area contributed by atoms with Gasteiger partial charge in [0.05, 0.1) is 5.41 Å². The lowest BCUT2D eigenvalue weighted by Gasteiger charge is -2.14. The summed E-state index contributed by atoms with van der Waals surface area (Å²) >= 11 is 0. The molecule has 0 saturated heterocycles. The molecule has 1 aromatic carbocycles. The van der Waals surface area contributed by atoms with Crippen molar-refractivity contribution in [2.24, 2.45) is 5.41 Å². The quantitative estimate of drug-likeness (QED) is 0.809. The van der Waals surface area contributed by atoms with E-state index in [1.807, 2.05) is 12.1 Å². The van der Waals surface area contributed by atoms with Gasteiger partial charge in [-0.3, -0.25) is 4.79 Å². The molecule has 0 bridgehead atoms. The smallest absolute Gasteiger partial charge is 0.311 e. The van der Waals surface area contributed by atoms with Gasteiger partial charge in [-0.1, -0.05) is 26.0 Å². The highest BCUT2D eigenvalue weighted by Gasteiger charge is 2.49. The Bertz CT molecular complexity index is 421. The lowest BCUT2D eigenvalue weighted by atomic mass is 9.98. The molecule has 1 atom stereocenters. The van der Waals surface area contributed by atoms with Crippen LogP contribution in [0.15, 0.2) is 24.3 Å². The third-order valence-corrected chi connectivity index (χ3v) is 4.03. The zero-order valence-electron chi connectivity index (χ0n) is 11.1. The van der Waals surface area contributed by atoms with Crippen LogP contribution in [0.2, 0.25) is 0 Å². The van der Waals surface area contributed by atoms with E-state index in [2.05, 4.69) is 31.3 Å². The lowest BCUT2D eigenvalue weighted by Crippen LogP contribution is -2.24. The van der Waals surface area contributed by atoms with Crippen LogP contribution in [0.1, 0.15) is 44.6 Å². The molecule has 1 aromatic rings. The molecule has 3 heteroatoms. The second kappa shape index (κ2) is 5.01. The average Bonchev–Trinajstić information content (AvgIpc) is 3.17. The Balaban J connectivity index is 1.93. The average molecular weight is 247 g/mol. The van der Waals surface area contributed by atoms with E-state index in [0.29, 0.717) is 12.5 Å². The summed E-state index contributed by atoms with van der Waals surface area (Å²) in [5.74, 6) is -0.0981. The van der Waals surface area contributed by atoms with Gasteiger partial charge in [0.1, 0.15) is 0 Å². The van der Waals surface area contributed by atoms with E-state index < -0.39 is 11.4 Å². The van der Waals surface area contributed by atoms with Crippen LogP contribution >= 0.6 is 0 Å². The molecule has 3 nitrogen and oxygen atoms in total. The van der Waals surface area contributed by atoms with E-state index in [1.165, 1.54) is 5.56 Å². The van der Waals surface area contributed by atoms with Gasteiger partial charge in [0.2, 0.25) is 0 Å².